The highest BCUT2D eigenvalue weighted by Gasteiger charge is 2.18. The molecule has 18 heavy (non-hydrogen) atoms. The fourth-order valence-corrected chi connectivity index (χ4v) is 1.86. The fourth-order valence-electron chi connectivity index (χ4n) is 1.41. The Morgan fingerprint density at radius 3 is 2.83 bits per heavy atom. The van der Waals surface area contributed by atoms with Crippen molar-refractivity contribution in [3.63, 3.8) is 0 Å². The second-order valence-corrected chi connectivity index (χ2v) is 5.16. The van der Waals surface area contributed by atoms with Gasteiger partial charge in [-0.25, -0.2) is 4.68 Å². The second kappa shape index (κ2) is 5.03. The number of halogens is 2. The monoisotopic (exact) mass is 330 g/mol. The molecule has 8 heteroatoms. The Bertz CT molecular complexity index is 599. The summed E-state index contributed by atoms with van der Waals surface area (Å²) in [5.74, 6) is 0. The number of aromatic nitrogens is 3. The van der Waals surface area contributed by atoms with Crippen LogP contribution in [0.5, 0.6) is 0 Å². The minimum Gasteiger partial charge on any atom is -0.258 e. The number of hydrogen-bond acceptors (Lipinski definition) is 4. The number of nitro benzene ring substituents is 1. The molecule has 2 rings (SSSR count). The van der Waals surface area contributed by atoms with Crippen molar-refractivity contribution in [1.82, 2.24) is 15.0 Å². The van der Waals surface area contributed by atoms with Crippen LogP contribution in [0.3, 0.4) is 0 Å². The van der Waals surface area contributed by atoms with E-state index >= 15 is 0 Å². The molecule has 0 spiro atoms. The zero-order chi connectivity index (χ0) is 13.3. The topological polar surface area (TPSA) is 73.8 Å². The highest BCUT2D eigenvalue weighted by Crippen LogP contribution is 2.27. The van der Waals surface area contributed by atoms with E-state index in [1.165, 1.54) is 10.7 Å². The molecule has 0 aliphatic heterocycles. The van der Waals surface area contributed by atoms with Crippen LogP contribution in [0.2, 0.25) is 0 Å². The van der Waals surface area contributed by atoms with Crippen LogP contribution in [0.15, 0.2) is 28.9 Å². The van der Waals surface area contributed by atoms with E-state index in [9.17, 15) is 10.1 Å². The van der Waals surface area contributed by atoms with Gasteiger partial charge < -0.3 is 0 Å². The normalized spacial score (nSPS) is 12.4. The molecule has 2 aromatic rings. The van der Waals surface area contributed by atoms with E-state index in [0.29, 0.717) is 15.9 Å². The largest absolute Gasteiger partial charge is 0.296 e. The molecule has 0 saturated heterocycles. The van der Waals surface area contributed by atoms with E-state index < -0.39 is 4.92 Å². The average molecular weight is 332 g/mol. The zero-order valence-corrected chi connectivity index (χ0v) is 11.6. The first-order valence-corrected chi connectivity index (χ1v) is 6.22. The minimum absolute atomic E-state index is 0.0527. The van der Waals surface area contributed by atoms with Gasteiger partial charge in [0.2, 0.25) is 0 Å². The molecule has 0 N–H and O–H groups in total. The van der Waals surface area contributed by atoms with E-state index in [0.717, 1.165) is 0 Å². The molecule has 0 saturated carbocycles. The van der Waals surface area contributed by atoms with Gasteiger partial charge in [-0.3, -0.25) is 10.1 Å². The van der Waals surface area contributed by atoms with Crippen molar-refractivity contribution < 1.29 is 4.92 Å². The number of rotatable bonds is 3. The van der Waals surface area contributed by atoms with Gasteiger partial charge in [-0.1, -0.05) is 21.1 Å². The number of alkyl halides is 1. The molecule has 0 radical (unpaired) electrons. The molecule has 1 aromatic heterocycles. The molecule has 0 fully saturated rings. The summed E-state index contributed by atoms with van der Waals surface area (Å²) < 4.78 is 1.97. The Balaban J connectivity index is 2.52. The summed E-state index contributed by atoms with van der Waals surface area (Å²) in [7, 11) is 0. The first-order chi connectivity index (χ1) is 8.49. The van der Waals surface area contributed by atoms with Crippen LogP contribution in [0, 0.1) is 10.1 Å². The summed E-state index contributed by atoms with van der Waals surface area (Å²) >= 11 is 9.07. The van der Waals surface area contributed by atoms with Crippen molar-refractivity contribution in [1.29, 1.82) is 0 Å². The highest BCUT2D eigenvalue weighted by atomic mass is 79.9. The maximum atomic E-state index is 11.0. The SMILES string of the molecule is CC(Cl)c1cn(-c2ccc(Br)cc2[N+](=O)[O-])nn1. The molecule has 0 aliphatic rings. The van der Waals surface area contributed by atoms with Crippen molar-refractivity contribution in [3.8, 4) is 5.69 Å². The average Bonchev–Trinajstić information content (AvgIpc) is 2.78. The van der Waals surface area contributed by atoms with Crippen LogP contribution in [-0.2, 0) is 0 Å². The first-order valence-electron chi connectivity index (χ1n) is 4.99. The summed E-state index contributed by atoms with van der Waals surface area (Å²) in [5, 5.41) is 18.4. The van der Waals surface area contributed by atoms with Crippen LogP contribution in [0.4, 0.5) is 5.69 Å². The fraction of sp³-hybridized carbons (Fsp3) is 0.200. The van der Waals surface area contributed by atoms with E-state index in [4.69, 9.17) is 11.6 Å². The Hall–Kier alpha value is -1.47. The number of nitrogens with zero attached hydrogens (tertiary/aromatic N) is 4. The van der Waals surface area contributed by atoms with Gasteiger partial charge in [-0.2, -0.15) is 0 Å². The van der Waals surface area contributed by atoms with Gasteiger partial charge in [0.15, 0.2) is 0 Å². The number of benzene rings is 1. The molecule has 6 nitrogen and oxygen atoms in total. The van der Waals surface area contributed by atoms with Crippen molar-refractivity contribution in [3.05, 3.63) is 44.7 Å². The van der Waals surface area contributed by atoms with Crippen molar-refractivity contribution >= 4 is 33.2 Å². The van der Waals surface area contributed by atoms with Gasteiger partial charge in [0.1, 0.15) is 11.4 Å². The van der Waals surface area contributed by atoms with Crippen LogP contribution in [0.1, 0.15) is 18.0 Å². The first kappa shape index (κ1) is 13.0. The van der Waals surface area contributed by atoms with Crippen LogP contribution >= 0.6 is 27.5 Å². The highest BCUT2D eigenvalue weighted by molar-refractivity contribution is 9.10. The maximum Gasteiger partial charge on any atom is 0.296 e. The molecule has 1 atom stereocenters. The lowest BCUT2D eigenvalue weighted by Gasteiger charge is -2.02. The van der Waals surface area contributed by atoms with E-state index in [1.54, 1.807) is 25.3 Å². The van der Waals surface area contributed by atoms with Gasteiger partial charge in [0.25, 0.3) is 5.69 Å². The molecular formula is C10H8BrClN4O2. The van der Waals surface area contributed by atoms with E-state index in [2.05, 4.69) is 26.2 Å². The predicted octanol–water partition coefficient (Wildman–Crippen LogP) is 3.24. The Kier molecular flexibility index (Phi) is 3.63. The lowest BCUT2D eigenvalue weighted by Crippen LogP contribution is -2.00. The van der Waals surface area contributed by atoms with Gasteiger partial charge in [-0.05, 0) is 19.1 Å². The van der Waals surface area contributed by atoms with Gasteiger partial charge >= 0.3 is 0 Å². The molecular weight excluding hydrogens is 323 g/mol. The summed E-state index contributed by atoms with van der Waals surface area (Å²) in [4.78, 5) is 10.5. The molecule has 1 unspecified atom stereocenters. The third kappa shape index (κ3) is 2.51. The maximum absolute atomic E-state index is 11.0. The third-order valence-corrected chi connectivity index (χ3v) is 3.02. The Morgan fingerprint density at radius 1 is 1.56 bits per heavy atom. The van der Waals surface area contributed by atoms with E-state index in [-0.39, 0.29) is 11.1 Å². The van der Waals surface area contributed by atoms with Gasteiger partial charge in [-0.15, -0.1) is 16.7 Å². The van der Waals surface area contributed by atoms with Crippen LogP contribution in [0.25, 0.3) is 5.69 Å². The molecule has 0 aliphatic carbocycles. The standard InChI is InChI=1S/C10H8BrClN4O2/c1-6(12)8-5-15(14-13-8)9-3-2-7(11)4-10(9)16(17)18/h2-6H,1H3. The van der Waals surface area contributed by atoms with Crippen molar-refractivity contribution in [2.45, 2.75) is 12.3 Å². The van der Waals surface area contributed by atoms with Gasteiger partial charge in [0, 0.05) is 10.5 Å². The summed E-state index contributed by atoms with van der Waals surface area (Å²) in [6.07, 6.45) is 1.58. The third-order valence-electron chi connectivity index (χ3n) is 2.30. The summed E-state index contributed by atoms with van der Waals surface area (Å²) in [6, 6.07) is 4.72. The van der Waals surface area contributed by atoms with Crippen molar-refractivity contribution in [2.75, 3.05) is 0 Å². The summed E-state index contributed by atoms with van der Waals surface area (Å²) in [5.41, 5.74) is 0.858. The Labute approximate surface area is 116 Å². The molecule has 1 heterocycles. The second-order valence-electron chi connectivity index (χ2n) is 3.59. The smallest absolute Gasteiger partial charge is 0.258 e. The predicted molar refractivity (Wildman–Crippen MR) is 70.0 cm³/mol. The molecule has 0 amide bonds. The molecule has 94 valence electrons. The van der Waals surface area contributed by atoms with Crippen LogP contribution < -0.4 is 0 Å². The molecule has 0 bridgehead atoms. The Morgan fingerprint density at radius 2 is 2.28 bits per heavy atom. The lowest BCUT2D eigenvalue weighted by molar-refractivity contribution is -0.384. The number of nitro groups is 1. The number of hydrogen-bond donors (Lipinski definition) is 0. The van der Waals surface area contributed by atoms with Crippen LogP contribution in [-0.4, -0.2) is 19.9 Å². The van der Waals surface area contributed by atoms with E-state index in [1.807, 2.05) is 0 Å². The quantitative estimate of drug-likeness (QED) is 0.491. The molecule has 1 aromatic carbocycles. The minimum atomic E-state index is -0.467. The van der Waals surface area contributed by atoms with Gasteiger partial charge in [0.05, 0.1) is 16.5 Å². The zero-order valence-electron chi connectivity index (χ0n) is 9.25. The summed E-state index contributed by atoms with van der Waals surface area (Å²) in [6.45, 7) is 1.76. The van der Waals surface area contributed by atoms with Crippen molar-refractivity contribution in [2.24, 2.45) is 0 Å². The lowest BCUT2D eigenvalue weighted by atomic mass is 10.2.